The van der Waals surface area contributed by atoms with Gasteiger partial charge in [-0.05, 0) is 11.1 Å². The van der Waals surface area contributed by atoms with Crippen LogP contribution in [-0.2, 0) is 37.0 Å². The molecule has 1 aliphatic carbocycles. The van der Waals surface area contributed by atoms with Crippen LogP contribution in [0.5, 0.6) is 0 Å². The Balaban J connectivity index is 1.48. The molecule has 1 saturated carbocycles. The molecule has 0 N–H and O–H groups in total. The molecule has 2 aromatic rings. The lowest BCUT2D eigenvalue weighted by Gasteiger charge is -2.33. The van der Waals surface area contributed by atoms with Gasteiger partial charge in [0.1, 0.15) is 21.1 Å². The standard InChI is InChI=1S/C23H23BF2O5/c24-20-18-19(21(28)30-13-16-9-5-2-6-10-16)22(31-20,14-23(18,25)26)11-17(27)29-12-15-7-3-1-4-8-15/h1-10,18-20H,11-14,24H2/t18?,19?,20-,22+/m1/s1. The van der Waals surface area contributed by atoms with Gasteiger partial charge in [0.15, 0.2) is 0 Å². The number of alkyl halides is 2. The second kappa shape index (κ2) is 8.42. The molecule has 8 heteroatoms. The largest absolute Gasteiger partial charge is 0.461 e. The van der Waals surface area contributed by atoms with Gasteiger partial charge < -0.3 is 14.2 Å². The highest BCUT2D eigenvalue weighted by Gasteiger charge is 2.73. The Morgan fingerprint density at radius 1 is 0.968 bits per heavy atom. The molecule has 4 atom stereocenters. The van der Waals surface area contributed by atoms with Crippen LogP contribution in [0.3, 0.4) is 0 Å². The number of carbonyl (C=O) groups is 2. The molecule has 162 valence electrons. The maximum absolute atomic E-state index is 14.8. The number of benzene rings is 2. The average molecular weight is 428 g/mol. The van der Waals surface area contributed by atoms with E-state index in [2.05, 4.69) is 0 Å². The van der Waals surface area contributed by atoms with Crippen molar-refractivity contribution in [1.82, 2.24) is 0 Å². The minimum atomic E-state index is -3.13. The fraction of sp³-hybridized carbons (Fsp3) is 0.391. The van der Waals surface area contributed by atoms with Crippen LogP contribution >= 0.6 is 0 Å². The molecule has 4 rings (SSSR count). The second-order valence-corrected chi connectivity index (χ2v) is 8.25. The van der Waals surface area contributed by atoms with Crippen LogP contribution in [0.2, 0.25) is 0 Å². The summed E-state index contributed by atoms with van der Waals surface area (Å²) < 4.78 is 46.0. The van der Waals surface area contributed by atoms with Gasteiger partial charge in [-0.15, -0.1) is 0 Å². The van der Waals surface area contributed by atoms with E-state index in [0.717, 1.165) is 11.1 Å². The molecule has 1 saturated heterocycles. The van der Waals surface area contributed by atoms with Crippen LogP contribution in [0, 0.1) is 11.8 Å². The minimum Gasteiger partial charge on any atom is -0.461 e. The Hall–Kier alpha value is -2.74. The number of halogens is 2. The first-order valence-electron chi connectivity index (χ1n) is 10.3. The van der Waals surface area contributed by atoms with Crippen molar-refractivity contribution in [2.24, 2.45) is 11.8 Å². The Morgan fingerprint density at radius 3 is 2.06 bits per heavy atom. The lowest BCUT2D eigenvalue weighted by atomic mass is 9.79. The number of rotatable bonds is 7. The molecule has 2 aromatic carbocycles. The second-order valence-electron chi connectivity index (χ2n) is 8.25. The number of esters is 2. The van der Waals surface area contributed by atoms with E-state index in [-0.39, 0.29) is 13.2 Å². The predicted octanol–water partition coefficient (Wildman–Crippen LogP) is 2.86. The summed E-state index contributed by atoms with van der Waals surface area (Å²) in [6, 6.07) is 17.2. The number of hydrogen-bond donors (Lipinski definition) is 0. The first-order valence-corrected chi connectivity index (χ1v) is 10.3. The van der Waals surface area contributed by atoms with Crippen molar-refractivity contribution in [3.8, 4) is 0 Å². The smallest absolute Gasteiger partial charge is 0.312 e. The molecule has 0 radical (unpaired) electrons. The van der Waals surface area contributed by atoms with Gasteiger partial charge in [0.25, 0.3) is 5.92 Å². The highest BCUT2D eigenvalue weighted by molar-refractivity contribution is 6.12. The van der Waals surface area contributed by atoms with Crippen LogP contribution in [0.25, 0.3) is 0 Å². The molecule has 1 heterocycles. The van der Waals surface area contributed by atoms with Crippen molar-refractivity contribution in [1.29, 1.82) is 0 Å². The summed E-state index contributed by atoms with van der Waals surface area (Å²) in [5.41, 5.74) is -0.101. The van der Waals surface area contributed by atoms with Gasteiger partial charge in [-0.1, -0.05) is 60.7 Å². The normalized spacial score (nSPS) is 28.3. The Kier molecular flexibility index (Phi) is 5.84. The quantitative estimate of drug-likeness (QED) is 0.502. The van der Waals surface area contributed by atoms with Crippen molar-refractivity contribution in [2.45, 2.75) is 43.6 Å². The van der Waals surface area contributed by atoms with Crippen molar-refractivity contribution in [2.75, 3.05) is 0 Å². The van der Waals surface area contributed by atoms with Crippen LogP contribution < -0.4 is 0 Å². The van der Waals surface area contributed by atoms with E-state index >= 15 is 0 Å². The molecule has 31 heavy (non-hydrogen) atoms. The summed E-state index contributed by atoms with van der Waals surface area (Å²) >= 11 is 0. The van der Waals surface area contributed by atoms with Gasteiger partial charge in [0.05, 0.1) is 23.9 Å². The van der Waals surface area contributed by atoms with Gasteiger partial charge in [-0.25, -0.2) is 8.78 Å². The maximum Gasteiger partial charge on any atom is 0.312 e. The number of carbonyl (C=O) groups excluding carboxylic acids is 2. The lowest BCUT2D eigenvalue weighted by Crippen LogP contribution is -2.43. The van der Waals surface area contributed by atoms with E-state index in [0.29, 0.717) is 0 Å². The van der Waals surface area contributed by atoms with E-state index < -0.39 is 54.1 Å². The van der Waals surface area contributed by atoms with Crippen LogP contribution in [0.15, 0.2) is 60.7 Å². The van der Waals surface area contributed by atoms with Crippen molar-refractivity contribution >= 4 is 19.8 Å². The topological polar surface area (TPSA) is 61.8 Å². The molecule has 1 aliphatic heterocycles. The van der Waals surface area contributed by atoms with Gasteiger partial charge in [0, 0.05) is 12.4 Å². The van der Waals surface area contributed by atoms with Gasteiger partial charge in [0.2, 0.25) is 0 Å². The van der Waals surface area contributed by atoms with E-state index in [9.17, 15) is 18.4 Å². The third-order valence-electron chi connectivity index (χ3n) is 6.04. The third-order valence-corrected chi connectivity index (χ3v) is 6.04. The van der Waals surface area contributed by atoms with Crippen LogP contribution in [0.4, 0.5) is 8.78 Å². The summed E-state index contributed by atoms with van der Waals surface area (Å²) in [6.45, 7) is -0.00831. The summed E-state index contributed by atoms with van der Waals surface area (Å²) in [5.74, 6) is -7.15. The molecule has 0 spiro atoms. The van der Waals surface area contributed by atoms with Gasteiger partial charge >= 0.3 is 11.9 Å². The van der Waals surface area contributed by atoms with E-state index in [4.69, 9.17) is 14.2 Å². The van der Waals surface area contributed by atoms with Crippen molar-refractivity contribution in [3.05, 3.63) is 71.8 Å². The predicted molar refractivity (Wildman–Crippen MR) is 110 cm³/mol. The van der Waals surface area contributed by atoms with E-state index in [1.54, 1.807) is 36.4 Å². The minimum absolute atomic E-state index is 0.0221. The lowest BCUT2D eigenvalue weighted by molar-refractivity contribution is -0.169. The van der Waals surface area contributed by atoms with Crippen LogP contribution in [0.1, 0.15) is 24.0 Å². The highest BCUT2D eigenvalue weighted by Crippen LogP contribution is 2.61. The molecule has 0 aromatic heterocycles. The number of hydrogen-bond acceptors (Lipinski definition) is 5. The molecule has 2 fully saturated rings. The number of ether oxygens (including phenoxy) is 3. The first kappa shape index (κ1) is 21.5. The zero-order chi connectivity index (χ0) is 22.1. The molecule has 2 bridgehead atoms. The molecule has 2 aliphatic rings. The maximum atomic E-state index is 14.8. The molecule has 5 nitrogen and oxygen atoms in total. The van der Waals surface area contributed by atoms with E-state index in [1.807, 2.05) is 24.3 Å². The zero-order valence-electron chi connectivity index (χ0n) is 17.1. The summed E-state index contributed by atoms with van der Waals surface area (Å²) in [6.07, 6.45) is -1.14. The molecular formula is C23H23BF2O5. The highest BCUT2D eigenvalue weighted by atomic mass is 19.3. The zero-order valence-corrected chi connectivity index (χ0v) is 17.1. The van der Waals surface area contributed by atoms with Gasteiger partial charge in [-0.2, -0.15) is 0 Å². The molecular weight excluding hydrogens is 405 g/mol. The van der Waals surface area contributed by atoms with E-state index in [1.165, 1.54) is 7.85 Å². The Bertz CT molecular complexity index is 939. The first-order chi connectivity index (χ1) is 14.8. The average Bonchev–Trinajstić information content (AvgIpc) is 3.15. The molecule has 2 unspecified atom stereocenters. The fourth-order valence-electron chi connectivity index (χ4n) is 4.80. The summed E-state index contributed by atoms with van der Waals surface area (Å²) in [7, 11) is 1.51. The monoisotopic (exact) mass is 428 g/mol. The summed E-state index contributed by atoms with van der Waals surface area (Å²) in [4.78, 5) is 25.4. The number of fused-ring (bicyclic) bond motifs is 2. The van der Waals surface area contributed by atoms with Crippen molar-refractivity contribution < 1.29 is 32.6 Å². The Labute approximate surface area is 180 Å². The third kappa shape index (κ3) is 4.35. The fourth-order valence-corrected chi connectivity index (χ4v) is 4.80. The summed E-state index contributed by atoms with van der Waals surface area (Å²) in [5, 5.41) is 0. The van der Waals surface area contributed by atoms with Crippen LogP contribution in [-0.4, -0.2) is 37.3 Å². The molecule has 0 amide bonds. The van der Waals surface area contributed by atoms with Gasteiger partial charge in [-0.3, -0.25) is 9.59 Å². The SMILES string of the molecule is B[C@@H]1O[C@@]2(CC(=O)OCc3ccccc3)CC(F)(F)C1C2C(=O)OCc1ccccc1. The van der Waals surface area contributed by atoms with Crippen molar-refractivity contribution in [3.63, 3.8) is 0 Å². The Morgan fingerprint density at radius 2 is 1.52 bits per heavy atom.